The minimum atomic E-state index is -0.679. The van der Waals surface area contributed by atoms with Gasteiger partial charge in [0.05, 0.1) is 0 Å². The average Bonchev–Trinajstić information content (AvgIpc) is 2.46. The van der Waals surface area contributed by atoms with Gasteiger partial charge in [-0.05, 0) is 62.3 Å². The van der Waals surface area contributed by atoms with Gasteiger partial charge in [0.1, 0.15) is 0 Å². The molecular formula is C16H20N4O2. The first-order valence-corrected chi connectivity index (χ1v) is 8.02. The molecule has 0 unspecified atom stereocenters. The summed E-state index contributed by atoms with van der Waals surface area (Å²) in [5.74, 6) is 1.11. The molecule has 4 bridgehead atoms. The number of hydrogen-bond acceptors (Lipinski definition) is 4. The number of carbonyl (C=O) groups is 2. The second-order valence-electron chi connectivity index (χ2n) is 7.18. The minimum Gasteiger partial charge on any atom is -0.342 e. The van der Waals surface area contributed by atoms with Gasteiger partial charge in [-0.2, -0.15) is 0 Å². The fraction of sp³-hybridized carbons (Fsp3) is 0.625. The molecule has 4 aliphatic rings. The van der Waals surface area contributed by atoms with Crippen LogP contribution in [0.1, 0.15) is 38.5 Å². The van der Waals surface area contributed by atoms with Gasteiger partial charge in [-0.3, -0.25) is 14.9 Å². The zero-order valence-corrected chi connectivity index (χ0v) is 12.4. The molecule has 1 aromatic heterocycles. The molecule has 0 saturated heterocycles. The maximum atomic E-state index is 12.3. The molecule has 22 heavy (non-hydrogen) atoms. The standard InChI is InChI=1S/C16H20N4O2/c21-13(19-15-17-2-1-3-18-15)14(22)20-16-7-10-4-11(8-16)6-12(5-10)9-16/h1-3,10-12H,4-9H2,(H,20,22)(H,17,18,19,21). The summed E-state index contributed by atoms with van der Waals surface area (Å²) in [5, 5.41) is 5.49. The van der Waals surface area contributed by atoms with Gasteiger partial charge in [0.15, 0.2) is 0 Å². The third-order valence-electron chi connectivity index (χ3n) is 5.41. The van der Waals surface area contributed by atoms with E-state index >= 15 is 0 Å². The Morgan fingerprint density at radius 1 is 0.955 bits per heavy atom. The molecule has 0 atom stereocenters. The fourth-order valence-corrected chi connectivity index (χ4v) is 5.08. The van der Waals surface area contributed by atoms with Gasteiger partial charge >= 0.3 is 11.8 Å². The van der Waals surface area contributed by atoms with Crippen molar-refractivity contribution in [2.24, 2.45) is 17.8 Å². The van der Waals surface area contributed by atoms with Crippen LogP contribution in [0.5, 0.6) is 0 Å². The van der Waals surface area contributed by atoms with Crippen molar-refractivity contribution >= 4 is 17.8 Å². The maximum absolute atomic E-state index is 12.3. The van der Waals surface area contributed by atoms with Crippen molar-refractivity contribution in [2.75, 3.05) is 5.32 Å². The Morgan fingerprint density at radius 2 is 1.50 bits per heavy atom. The number of carbonyl (C=O) groups excluding carboxylic acids is 2. The summed E-state index contributed by atoms with van der Waals surface area (Å²) in [5.41, 5.74) is -0.152. The number of amides is 2. The molecule has 5 rings (SSSR count). The van der Waals surface area contributed by atoms with E-state index in [4.69, 9.17) is 0 Å². The molecular weight excluding hydrogens is 280 g/mol. The number of nitrogens with zero attached hydrogens (tertiary/aromatic N) is 2. The Labute approximate surface area is 129 Å². The van der Waals surface area contributed by atoms with Crippen LogP contribution >= 0.6 is 0 Å². The number of aromatic nitrogens is 2. The lowest BCUT2D eigenvalue weighted by Crippen LogP contribution is -2.61. The van der Waals surface area contributed by atoms with Crippen LogP contribution in [0.2, 0.25) is 0 Å². The Bertz CT molecular complexity index is 566. The molecule has 1 heterocycles. The fourth-order valence-electron chi connectivity index (χ4n) is 5.08. The second-order valence-corrected chi connectivity index (χ2v) is 7.18. The Hall–Kier alpha value is -1.98. The zero-order valence-electron chi connectivity index (χ0n) is 12.4. The minimum absolute atomic E-state index is 0.152. The summed E-state index contributed by atoms with van der Waals surface area (Å²) in [7, 11) is 0. The number of anilines is 1. The average molecular weight is 300 g/mol. The van der Waals surface area contributed by atoms with E-state index in [1.807, 2.05) is 0 Å². The van der Waals surface area contributed by atoms with Gasteiger partial charge in [0.25, 0.3) is 0 Å². The van der Waals surface area contributed by atoms with Crippen molar-refractivity contribution in [1.82, 2.24) is 15.3 Å². The monoisotopic (exact) mass is 300 g/mol. The van der Waals surface area contributed by atoms with E-state index in [1.165, 1.54) is 31.7 Å². The molecule has 116 valence electrons. The molecule has 2 amide bonds. The van der Waals surface area contributed by atoms with Crippen molar-refractivity contribution in [2.45, 2.75) is 44.1 Å². The van der Waals surface area contributed by atoms with Crippen LogP contribution in [-0.2, 0) is 9.59 Å². The molecule has 1 aromatic rings. The molecule has 0 radical (unpaired) electrons. The molecule has 6 nitrogen and oxygen atoms in total. The van der Waals surface area contributed by atoms with E-state index in [2.05, 4.69) is 20.6 Å². The lowest BCUT2D eigenvalue weighted by molar-refractivity contribution is -0.139. The predicted octanol–water partition coefficient (Wildman–Crippen LogP) is 1.50. The summed E-state index contributed by atoms with van der Waals surface area (Å²) in [6.07, 6.45) is 10.1. The molecule has 4 saturated carbocycles. The third kappa shape index (κ3) is 2.46. The van der Waals surface area contributed by atoms with Gasteiger partial charge in [-0.25, -0.2) is 9.97 Å². The van der Waals surface area contributed by atoms with Crippen LogP contribution in [0.3, 0.4) is 0 Å². The first kappa shape index (κ1) is 13.7. The highest BCUT2D eigenvalue weighted by atomic mass is 16.2. The topological polar surface area (TPSA) is 84.0 Å². The lowest BCUT2D eigenvalue weighted by atomic mass is 9.53. The predicted molar refractivity (Wildman–Crippen MR) is 79.7 cm³/mol. The Kier molecular flexibility index (Phi) is 3.13. The second kappa shape index (κ2) is 5.04. The number of nitrogens with one attached hydrogen (secondary N) is 2. The summed E-state index contributed by atoms with van der Waals surface area (Å²) < 4.78 is 0. The molecule has 4 fully saturated rings. The van der Waals surface area contributed by atoms with E-state index in [0.717, 1.165) is 37.0 Å². The van der Waals surface area contributed by atoms with Gasteiger partial charge < -0.3 is 5.32 Å². The van der Waals surface area contributed by atoms with Crippen molar-refractivity contribution in [3.63, 3.8) is 0 Å². The zero-order chi connectivity index (χ0) is 15.2. The van der Waals surface area contributed by atoms with E-state index in [-0.39, 0.29) is 11.5 Å². The van der Waals surface area contributed by atoms with Crippen LogP contribution in [-0.4, -0.2) is 27.3 Å². The van der Waals surface area contributed by atoms with E-state index in [1.54, 1.807) is 6.07 Å². The summed E-state index contributed by atoms with van der Waals surface area (Å²) in [6, 6.07) is 1.66. The van der Waals surface area contributed by atoms with Gasteiger partial charge in [0.2, 0.25) is 5.95 Å². The number of hydrogen-bond donors (Lipinski definition) is 2. The van der Waals surface area contributed by atoms with Crippen LogP contribution in [0.15, 0.2) is 18.5 Å². The summed E-state index contributed by atoms with van der Waals surface area (Å²) in [4.78, 5) is 32.1. The van der Waals surface area contributed by atoms with Gasteiger partial charge in [-0.1, -0.05) is 0 Å². The first-order valence-electron chi connectivity index (χ1n) is 8.02. The van der Waals surface area contributed by atoms with E-state index in [0.29, 0.717) is 0 Å². The van der Waals surface area contributed by atoms with Crippen LogP contribution in [0, 0.1) is 17.8 Å². The van der Waals surface area contributed by atoms with Crippen molar-refractivity contribution in [3.8, 4) is 0 Å². The highest BCUT2D eigenvalue weighted by molar-refractivity contribution is 6.39. The molecule has 0 spiro atoms. The van der Waals surface area contributed by atoms with Crippen LogP contribution in [0.25, 0.3) is 0 Å². The molecule has 2 N–H and O–H groups in total. The smallest absolute Gasteiger partial charge is 0.316 e. The van der Waals surface area contributed by atoms with E-state index in [9.17, 15) is 9.59 Å². The van der Waals surface area contributed by atoms with Gasteiger partial charge in [0, 0.05) is 17.9 Å². The van der Waals surface area contributed by atoms with Crippen molar-refractivity contribution in [3.05, 3.63) is 18.5 Å². The normalized spacial score (nSPS) is 35.2. The van der Waals surface area contributed by atoms with Gasteiger partial charge in [-0.15, -0.1) is 0 Å². The Balaban J connectivity index is 1.42. The summed E-state index contributed by atoms with van der Waals surface area (Å²) in [6.45, 7) is 0. The van der Waals surface area contributed by atoms with Crippen LogP contribution < -0.4 is 10.6 Å². The van der Waals surface area contributed by atoms with E-state index < -0.39 is 11.8 Å². The van der Waals surface area contributed by atoms with Crippen molar-refractivity contribution < 1.29 is 9.59 Å². The molecule has 0 aromatic carbocycles. The highest BCUT2D eigenvalue weighted by Gasteiger charge is 2.51. The molecule has 6 heteroatoms. The third-order valence-corrected chi connectivity index (χ3v) is 5.41. The highest BCUT2D eigenvalue weighted by Crippen LogP contribution is 2.55. The van der Waals surface area contributed by atoms with Crippen molar-refractivity contribution in [1.29, 1.82) is 0 Å². The lowest BCUT2D eigenvalue weighted by Gasteiger charge is -2.56. The largest absolute Gasteiger partial charge is 0.342 e. The molecule has 0 aliphatic heterocycles. The van der Waals surface area contributed by atoms with Crippen LogP contribution in [0.4, 0.5) is 5.95 Å². The number of rotatable bonds is 2. The first-order chi connectivity index (χ1) is 10.6. The Morgan fingerprint density at radius 3 is 2.05 bits per heavy atom. The quantitative estimate of drug-likeness (QED) is 0.811. The maximum Gasteiger partial charge on any atom is 0.316 e. The molecule has 4 aliphatic carbocycles. The SMILES string of the molecule is O=C(Nc1ncccn1)C(=O)NC12CC3CC(CC(C3)C1)C2. The summed E-state index contributed by atoms with van der Waals surface area (Å²) >= 11 is 0.